The Hall–Kier alpha value is -2.57. The normalized spacial score (nSPS) is 19.0. The van der Waals surface area contributed by atoms with Crippen molar-refractivity contribution in [1.29, 1.82) is 0 Å². The van der Waals surface area contributed by atoms with Gasteiger partial charge in [0.05, 0.1) is 22.8 Å². The molecule has 2 aromatic rings. The topological polar surface area (TPSA) is 88.2 Å². The van der Waals surface area contributed by atoms with Gasteiger partial charge >= 0.3 is 0 Å². The van der Waals surface area contributed by atoms with Crippen LogP contribution < -0.4 is 20.1 Å². The SMILES string of the molecule is C=C(C)S/C(=C(/Oc1ccc(NS(=O)C(C)C)c(F)c1C)C(C)CC)c1ccnc(NC2CNCC(F)(F)C2)n1. The zero-order chi connectivity index (χ0) is 29.6. The maximum Gasteiger partial charge on any atom is 0.262 e. The second kappa shape index (κ2) is 13.9. The Morgan fingerprint density at radius 1 is 1.32 bits per heavy atom. The average Bonchev–Trinajstić information content (AvgIpc) is 2.88. The van der Waals surface area contributed by atoms with E-state index < -0.39 is 28.8 Å². The highest BCUT2D eigenvalue weighted by molar-refractivity contribution is 8.11. The van der Waals surface area contributed by atoms with Gasteiger partial charge in [0.25, 0.3) is 5.92 Å². The second-order valence-electron chi connectivity index (χ2n) is 10.2. The highest BCUT2D eigenvalue weighted by Crippen LogP contribution is 2.40. The monoisotopic (exact) mass is 597 g/mol. The molecule has 1 aromatic carbocycles. The molecule has 0 aliphatic carbocycles. The number of ether oxygens (including phenoxy) is 1. The van der Waals surface area contributed by atoms with Crippen LogP contribution >= 0.6 is 11.8 Å². The van der Waals surface area contributed by atoms with Crippen LogP contribution in [0, 0.1) is 18.7 Å². The molecule has 0 radical (unpaired) electrons. The minimum Gasteiger partial charge on any atom is -0.460 e. The molecule has 220 valence electrons. The van der Waals surface area contributed by atoms with E-state index in [1.165, 1.54) is 17.8 Å². The molecule has 3 rings (SSSR count). The Kier molecular flexibility index (Phi) is 11.1. The molecular formula is C28H38F3N5O2S2. The fraction of sp³-hybridized carbons (Fsp3) is 0.500. The minimum absolute atomic E-state index is 0.0804. The van der Waals surface area contributed by atoms with Crippen LogP contribution in [0.5, 0.6) is 5.75 Å². The molecule has 40 heavy (non-hydrogen) atoms. The van der Waals surface area contributed by atoms with Gasteiger partial charge in [-0.3, -0.25) is 0 Å². The van der Waals surface area contributed by atoms with Crippen molar-refractivity contribution < 1.29 is 22.1 Å². The number of hydrogen-bond acceptors (Lipinski definition) is 7. The number of anilines is 2. The largest absolute Gasteiger partial charge is 0.460 e. The average molecular weight is 598 g/mol. The van der Waals surface area contributed by atoms with Gasteiger partial charge in [-0.2, -0.15) is 0 Å². The van der Waals surface area contributed by atoms with Crippen molar-refractivity contribution in [2.75, 3.05) is 23.1 Å². The first kappa shape index (κ1) is 32.0. The van der Waals surface area contributed by atoms with Gasteiger partial charge in [-0.15, -0.1) is 0 Å². The third-order valence-corrected chi connectivity index (χ3v) is 8.54. The van der Waals surface area contributed by atoms with Crippen molar-refractivity contribution in [3.8, 4) is 5.75 Å². The first-order chi connectivity index (χ1) is 18.8. The summed E-state index contributed by atoms with van der Waals surface area (Å²) in [6.45, 7) is 15.1. The summed E-state index contributed by atoms with van der Waals surface area (Å²) in [7, 11) is -1.43. The second-order valence-corrected chi connectivity index (χ2v) is 13.3. The molecule has 3 N–H and O–H groups in total. The highest BCUT2D eigenvalue weighted by atomic mass is 32.2. The van der Waals surface area contributed by atoms with Crippen LogP contribution in [0.15, 0.2) is 41.6 Å². The van der Waals surface area contributed by atoms with Gasteiger partial charge in [0, 0.05) is 41.9 Å². The zero-order valence-corrected chi connectivity index (χ0v) is 25.4. The van der Waals surface area contributed by atoms with E-state index in [0.717, 1.165) is 11.3 Å². The van der Waals surface area contributed by atoms with Crippen LogP contribution in [0.3, 0.4) is 0 Å². The van der Waals surface area contributed by atoms with Gasteiger partial charge in [0.2, 0.25) is 5.95 Å². The molecule has 7 nitrogen and oxygen atoms in total. The lowest BCUT2D eigenvalue weighted by molar-refractivity contribution is -0.0244. The van der Waals surface area contributed by atoms with Gasteiger partial charge in [0.15, 0.2) is 5.82 Å². The van der Waals surface area contributed by atoms with E-state index in [1.807, 2.05) is 20.8 Å². The quantitative estimate of drug-likeness (QED) is 0.230. The molecule has 1 saturated heterocycles. The molecule has 0 bridgehead atoms. The lowest BCUT2D eigenvalue weighted by Gasteiger charge is -2.30. The Bertz CT molecular complexity index is 1270. The van der Waals surface area contributed by atoms with Crippen molar-refractivity contribution in [1.82, 2.24) is 15.3 Å². The Morgan fingerprint density at radius 2 is 2.05 bits per heavy atom. The van der Waals surface area contributed by atoms with Crippen molar-refractivity contribution >= 4 is 39.3 Å². The van der Waals surface area contributed by atoms with E-state index in [4.69, 9.17) is 4.74 Å². The molecule has 1 aliphatic rings. The standard InChI is InChI=1S/C28H38F3N5O2S2/c1-8-18(6)25(38-23-10-9-21(24(29)19(23)7)36-40(37)17(4)5)26(39-16(2)3)22-11-12-33-27(35-22)34-20-13-28(30,31)15-32-14-20/h9-12,17-18,20,32,36H,2,8,13-15H2,1,3-7H3,(H,33,34,35)/b26-25+. The number of allylic oxidation sites excluding steroid dienone is 2. The Morgan fingerprint density at radius 3 is 2.67 bits per heavy atom. The van der Waals surface area contributed by atoms with Crippen LogP contribution in [0.25, 0.3) is 4.91 Å². The lowest BCUT2D eigenvalue weighted by atomic mass is 10.0. The van der Waals surface area contributed by atoms with E-state index in [1.54, 1.807) is 39.1 Å². The van der Waals surface area contributed by atoms with Crippen LogP contribution in [-0.4, -0.2) is 44.5 Å². The van der Waals surface area contributed by atoms with Crippen molar-refractivity contribution in [2.45, 2.75) is 71.6 Å². The summed E-state index contributed by atoms with van der Waals surface area (Å²) in [5.41, 5.74) is 0.929. The van der Waals surface area contributed by atoms with Crippen molar-refractivity contribution in [3.63, 3.8) is 0 Å². The molecule has 3 atom stereocenters. The number of rotatable bonds is 12. The van der Waals surface area contributed by atoms with Gasteiger partial charge in [-0.1, -0.05) is 32.2 Å². The molecular weight excluding hydrogens is 559 g/mol. The molecule has 1 fully saturated rings. The molecule has 2 heterocycles. The number of nitrogens with one attached hydrogen (secondary N) is 3. The van der Waals surface area contributed by atoms with Gasteiger partial charge < -0.3 is 20.1 Å². The Balaban J connectivity index is 2.01. The third kappa shape index (κ3) is 8.47. The summed E-state index contributed by atoms with van der Waals surface area (Å²) < 4.78 is 64.5. The number of nitrogens with zero attached hydrogens (tertiary/aromatic N) is 2. The first-order valence-electron chi connectivity index (χ1n) is 13.2. The number of hydrogen-bond donors (Lipinski definition) is 3. The molecule has 1 aromatic heterocycles. The fourth-order valence-electron chi connectivity index (χ4n) is 3.93. The van der Waals surface area contributed by atoms with Gasteiger partial charge in [0.1, 0.15) is 22.5 Å². The molecule has 0 amide bonds. The van der Waals surface area contributed by atoms with Gasteiger partial charge in [-0.25, -0.2) is 27.3 Å². The number of halogens is 3. The number of alkyl halides is 2. The maximum absolute atomic E-state index is 15.3. The lowest BCUT2D eigenvalue weighted by Crippen LogP contribution is -2.49. The number of piperidine rings is 1. The number of thioether (sulfide) groups is 1. The molecule has 0 saturated carbocycles. The molecule has 3 unspecified atom stereocenters. The minimum atomic E-state index is -2.81. The van der Waals surface area contributed by atoms with Crippen LogP contribution in [0.1, 0.15) is 58.7 Å². The third-order valence-electron chi connectivity index (χ3n) is 6.30. The number of aromatic nitrogens is 2. The summed E-state index contributed by atoms with van der Waals surface area (Å²) in [5.74, 6) is -2.33. The van der Waals surface area contributed by atoms with Crippen LogP contribution in [0.4, 0.5) is 24.8 Å². The molecule has 12 heteroatoms. The smallest absolute Gasteiger partial charge is 0.262 e. The van der Waals surface area contributed by atoms with E-state index >= 15 is 4.39 Å². The van der Waals surface area contributed by atoms with Crippen molar-refractivity contribution in [3.05, 3.63) is 58.7 Å². The molecule has 1 aliphatic heterocycles. The predicted octanol–water partition coefficient (Wildman–Crippen LogP) is 6.88. The van der Waals surface area contributed by atoms with E-state index in [2.05, 4.69) is 31.9 Å². The zero-order valence-electron chi connectivity index (χ0n) is 23.7. The molecule has 0 spiro atoms. The van der Waals surface area contributed by atoms with Crippen LogP contribution in [0.2, 0.25) is 0 Å². The summed E-state index contributed by atoms with van der Waals surface area (Å²) in [6.07, 6.45) is 1.97. The van der Waals surface area contributed by atoms with E-state index in [-0.39, 0.29) is 41.3 Å². The maximum atomic E-state index is 15.3. The summed E-state index contributed by atoms with van der Waals surface area (Å²) in [4.78, 5) is 10.3. The first-order valence-corrected chi connectivity index (χ1v) is 15.2. The predicted molar refractivity (Wildman–Crippen MR) is 159 cm³/mol. The number of benzene rings is 1. The van der Waals surface area contributed by atoms with E-state index in [9.17, 15) is 13.0 Å². The van der Waals surface area contributed by atoms with Crippen molar-refractivity contribution in [2.24, 2.45) is 5.92 Å². The summed E-state index contributed by atoms with van der Waals surface area (Å²) in [6, 6.07) is 4.34. The van der Waals surface area contributed by atoms with E-state index in [0.29, 0.717) is 28.7 Å². The highest BCUT2D eigenvalue weighted by Gasteiger charge is 2.36. The fourth-order valence-corrected chi connectivity index (χ4v) is 5.45. The van der Waals surface area contributed by atoms with Crippen LogP contribution in [-0.2, 0) is 11.0 Å². The van der Waals surface area contributed by atoms with Gasteiger partial charge in [-0.05, 0) is 57.2 Å². The Labute approximate surface area is 241 Å². The summed E-state index contributed by atoms with van der Waals surface area (Å²) >= 11 is 1.37. The summed E-state index contributed by atoms with van der Waals surface area (Å²) in [5, 5.41) is 5.58.